The van der Waals surface area contributed by atoms with Gasteiger partial charge in [-0.05, 0) is 12.6 Å². The molecule has 0 aliphatic heterocycles. The molecule has 0 saturated carbocycles. The molecule has 0 heterocycles. The second-order valence-corrected chi connectivity index (χ2v) is 2.08. The normalized spacial score (nSPS) is 11.0. The Bertz CT molecular complexity index is 19.5. The van der Waals surface area contributed by atoms with Crippen molar-refractivity contribution < 1.29 is 4.89 Å². The maximum atomic E-state index is 8.23. The number of unbranched alkanes of at least 4 members (excludes halogenated alkanes) is 1. The van der Waals surface area contributed by atoms with Gasteiger partial charge in [-0.3, -0.25) is 0 Å². The fourth-order valence-electron chi connectivity index (χ4n) is 0.256. The number of hydrogen-bond acceptors (Lipinski definition) is 1. The predicted molar refractivity (Wildman–Crippen MR) is 30.3 cm³/mol. The Morgan fingerprint density at radius 3 is 2.50 bits per heavy atom. The van der Waals surface area contributed by atoms with E-state index in [1.165, 1.54) is 12.8 Å². The van der Waals surface area contributed by atoms with E-state index in [2.05, 4.69) is 6.92 Å². The van der Waals surface area contributed by atoms with Crippen LogP contribution in [0.1, 0.15) is 19.8 Å². The first-order valence-corrected chi connectivity index (χ1v) is 3.44. The lowest BCUT2D eigenvalue weighted by atomic mass is 10.4. The Balaban J connectivity index is 2.34. The molecule has 0 radical (unpaired) electrons. The van der Waals surface area contributed by atoms with Gasteiger partial charge >= 0.3 is 0 Å². The summed E-state index contributed by atoms with van der Waals surface area (Å²) in [5.41, 5.74) is 0. The molecule has 38 valence electrons. The molecule has 1 nitrogen and oxygen atoms in total. The summed E-state index contributed by atoms with van der Waals surface area (Å²) in [5.74, 6) is 0. The fourth-order valence-corrected chi connectivity index (χ4v) is 0.768. The van der Waals surface area contributed by atoms with Crippen molar-refractivity contribution in [3.63, 3.8) is 0 Å². The van der Waals surface area contributed by atoms with Gasteiger partial charge in [-0.25, -0.2) is 0 Å². The van der Waals surface area contributed by atoms with Crippen LogP contribution < -0.4 is 0 Å². The van der Waals surface area contributed by atoms with Gasteiger partial charge in [0.2, 0.25) is 0 Å². The van der Waals surface area contributed by atoms with Crippen LogP contribution in [-0.2, 0) is 0 Å². The van der Waals surface area contributed by atoms with Crippen molar-refractivity contribution >= 4 is 8.81 Å². The van der Waals surface area contributed by atoms with Gasteiger partial charge in [0.05, 0.1) is 0 Å². The molecule has 6 heavy (non-hydrogen) atoms. The van der Waals surface area contributed by atoms with Gasteiger partial charge in [0.1, 0.15) is 0 Å². The molecule has 0 aliphatic carbocycles. The molecule has 0 aromatic heterocycles. The van der Waals surface area contributed by atoms with Gasteiger partial charge in [-0.2, -0.15) is 0 Å². The molecule has 0 bridgehead atoms. The standard InChI is InChI=1S/C4H11OP/c1-2-3-4-6-5/h5-6H,2-4H2,1H3. The molecule has 0 aromatic rings. The zero-order valence-corrected chi connectivity index (χ0v) is 5.07. The minimum Gasteiger partial charge on any atom is -0.377 e. The first-order valence-electron chi connectivity index (χ1n) is 2.28. The van der Waals surface area contributed by atoms with E-state index in [-0.39, 0.29) is 8.81 Å². The van der Waals surface area contributed by atoms with E-state index in [1.807, 2.05) is 0 Å². The first-order chi connectivity index (χ1) is 2.91. The molecule has 0 aromatic carbocycles. The highest BCUT2D eigenvalue weighted by atomic mass is 31.1. The lowest BCUT2D eigenvalue weighted by Gasteiger charge is -1.85. The van der Waals surface area contributed by atoms with Crippen LogP contribution >= 0.6 is 8.81 Å². The smallest absolute Gasteiger partial charge is 0.0107 e. The second-order valence-electron chi connectivity index (χ2n) is 1.26. The quantitative estimate of drug-likeness (QED) is 0.425. The summed E-state index contributed by atoms with van der Waals surface area (Å²) in [5, 5.41) is 0. The first kappa shape index (κ1) is 6.39. The van der Waals surface area contributed by atoms with E-state index in [0.29, 0.717) is 0 Å². The molecule has 0 rings (SSSR count). The average Bonchev–Trinajstić information content (AvgIpc) is 1.61. The molecule has 0 aliphatic rings. The maximum Gasteiger partial charge on any atom is 0.0107 e. The van der Waals surface area contributed by atoms with Crippen molar-refractivity contribution in [1.82, 2.24) is 0 Å². The van der Waals surface area contributed by atoms with Crippen molar-refractivity contribution in [1.29, 1.82) is 0 Å². The SMILES string of the molecule is CCCCPO. The Labute approximate surface area is 40.6 Å². The molecular formula is C4H11OP. The summed E-state index contributed by atoms with van der Waals surface area (Å²) < 4.78 is 0. The molecule has 0 spiro atoms. The predicted octanol–water partition coefficient (Wildman–Crippen LogP) is 1.37. The van der Waals surface area contributed by atoms with Gasteiger partial charge in [-0.1, -0.05) is 13.3 Å². The van der Waals surface area contributed by atoms with Crippen LogP contribution in [0.5, 0.6) is 0 Å². The third kappa shape index (κ3) is 4.39. The van der Waals surface area contributed by atoms with Crippen molar-refractivity contribution in [2.75, 3.05) is 6.16 Å². The molecule has 0 amide bonds. The lowest BCUT2D eigenvalue weighted by molar-refractivity contribution is 0.641. The van der Waals surface area contributed by atoms with Gasteiger partial charge in [0.15, 0.2) is 0 Å². The van der Waals surface area contributed by atoms with Crippen LogP contribution in [0, 0.1) is 0 Å². The minimum atomic E-state index is 0.165. The van der Waals surface area contributed by atoms with Crippen molar-refractivity contribution in [2.24, 2.45) is 0 Å². The summed E-state index contributed by atoms with van der Waals surface area (Å²) in [6, 6.07) is 0. The summed E-state index contributed by atoms with van der Waals surface area (Å²) in [6.45, 7) is 2.13. The van der Waals surface area contributed by atoms with Crippen LogP contribution in [0.2, 0.25) is 0 Å². The Kier molecular flexibility index (Phi) is 5.74. The van der Waals surface area contributed by atoms with Crippen molar-refractivity contribution in [2.45, 2.75) is 19.8 Å². The zero-order valence-electron chi connectivity index (χ0n) is 4.07. The molecular weight excluding hydrogens is 95.0 g/mol. The molecule has 1 atom stereocenters. The Morgan fingerprint density at radius 1 is 1.67 bits per heavy atom. The van der Waals surface area contributed by atoms with E-state index in [9.17, 15) is 0 Å². The van der Waals surface area contributed by atoms with Gasteiger partial charge < -0.3 is 4.89 Å². The average molecular weight is 106 g/mol. The molecule has 1 N–H and O–H groups in total. The van der Waals surface area contributed by atoms with E-state index in [1.54, 1.807) is 0 Å². The Morgan fingerprint density at radius 2 is 2.33 bits per heavy atom. The minimum absolute atomic E-state index is 0.165. The second kappa shape index (κ2) is 5.39. The van der Waals surface area contributed by atoms with Crippen LogP contribution in [0.3, 0.4) is 0 Å². The van der Waals surface area contributed by atoms with E-state index >= 15 is 0 Å². The van der Waals surface area contributed by atoms with Gasteiger partial charge in [0.25, 0.3) is 0 Å². The van der Waals surface area contributed by atoms with E-state index in [0.717, 1.165) is 6.16 Å². The largest absolute Gasteiger partial charge is 0.377 e. The van der Waals surface area contributed by atoms with E-state index in [4.69, 9.17) is 4.89 Å². The summed E-state index contributed by atoms with van der Waals surface area (Å²) >= 11 is 0. The third-order valence-corrected chi connectivity index (χ3v) is 1.22. The number of hydrogen-bond donors (Lipinski definition) is 1. The van der Waals surface area contributed by atoms with Crippen LogP contribution in [0.15, 0.2) is 0 Å². The van der Waals surface area contributed by atoms with Gasteiger partial charge in [-0.15, -0.1) is 0 Å². The van der Waals surface area contributed by atoms with E-state index < -0.39 is 0 Å². The lowest BCUT2D eigenvalue weighted by Crippen LogP contribution is -1.69. The van der Waals surface area contributed by atoms with Crippen molar-refractivity contribution in [3.8, 4) is 0 Å². The number of rotatable bonds is 3. The molecule has 1 unspecified atom stereocenters. The van der Waals surface area contributed by atoms with Gasteiger partial charge in [0, 0.05) is 8.81 Å². The van der Waals surface area contributed by atoms with Crippen LogP contribution in [0.25, 0.3) is 0 Å². The van der Waals surface area contributed by atoms with Crippen LogP contribution in [0.4, 0.5) is 0 Å². The summed E-state index contributed by atoms with van der Waals surface area (Å²) in [6.07, 6.45) is 3.37. The highest BCUT2D eigenvalue weighted by Crippen LogP contribution is 2.03. The topological polar surface area (TPSA) is 20.2 Å². The zero-order chi connectivity index (χ0) is 4.83. The fraction of sp³-hybridized carbons (Fsp3) is 1.00. The highest BCUT2D eigenvalue weighted by Gasteiger charge is 1.76. The molecule has 0 saturated heterocycles. The molecule has 0 fully saturated rings. The monoisotopic (exact) mass is 106 g/mol. The summed E-state index contributed by atoms with van der Waals surface area (Å²) in [4.78, 5) is 8.23. The van der Waals surface area contributed by atoms with Crippen LogP contribution in [-0.4, -0.2) is 11.1 Å². The summed E-state index contributed by atoms with van der Waals surface area (Å²) in [7, 11) is 0.165. The maximum absolute atomic E-state index is 8.23. The molecule has 2 heteroatoms. The third-order valence-electron chi connectivity index (χ3n) is 0.642. The Hall–Kier alpha value is 0.390. The van der Waals surface area contributed by atoms with Crippen molar-refractivity contribution in [3.05, 3.63) is 0 Å². The highest BCUT2D eigenvalue weighted by molar-refractivity contribution is 7.31.